The van der Waals surface area contributed by atoms with E-state index in [-0.39, 0.29) is 26.1 Å². The molecule has 2 heterocycles. The van der Waals surface area contributed by atoms with Crippen LogP contribution in [-0.4, -0.2) is 142 Å². The molecular weight excluding hydrogens is 877 g/mol. The molecule has 0 saturated carbocycles. The maximum atomic E-state index is 13.0. The Bertz CT molecular complexity index is 1280. The summed E-state index contributed by atoms with van der Waals surface area (Å²) in [4.78, 5) is 25.8. The number of allylic oxidation sites excluding steroid dienone is 4. The van der Waals surface area contributed by atoms with Crippen molar-refractivity contribution in [2.75, 3.05) is 26.4 Å². The lowest BCUT2D eigenvalue weighted by atomic mass is 9.98. The monoisotopic (exact) mass is 973 g/mol. The van der Waals surface area contributed by atoms with Gasteiger partial charge in [-0.25, -0.2) is 0 Å². The molecule has 0 aromatic rings. The van der Waals surface area contributed by atoms with Crippen molar-refractivity contribution < 1.29 is 73.8 Å². The fraction of sp³-hybridized carbons (Fsp3) is 0.887. The first-order chi connectivity index (χ1) is 33.0. The van der Waals surface area contributed by atoms with Gasteiger partial charge in [0.05, 0.1) is 19.8 Å². The molecule has 0 aromatic carbocycles. The van der Waals surface area contributed by atoms with Gasteiger partial charge in [-0.15, -0.1) is 0 Å². The van der Waals surface area contributed by atoms with E-state index >= 15 is 0 Å². The average Bonchev–Trinajstić information content (AvgIpc) is 3.33. The number of aliphatic hydroxyl groups is 7. The molecule has 2 aliphatic heterocycles. The van der Waals surface area contributed by atoms with Crippen molar-refractivity contribution in [1.82, 2.24) is 0 Å². The van der Waals surface area contributed by atoms with Crippen LogP contribution in [0.15, 0.2) is 24.3 Å². The zero-order valence-corrected chi connectivity index (χ0v) is 42.1. The number of unbranched alkanes of at least 4 members (excludes halogenated alkanes) is 24. The molecule has 0 bridgehead atoms. The first-order valence-corrected chi connectivity index (χ1v) is 26.9. The Hall–Kier alpha value is -2.02. The van der Waals surface area contributed by atoms with Crippen molar-refractivity contribution in [3.63, 3.8) is 0 Å². The van der Waals surface area contributed by atoms with Gasteiger partial charge in [-0.05, 0) is 44.9 Å². The number of carbonyl (C=O) groups excluding carboxylic acids is 2. The molecule has 11 unspecified atom stereocenters. The molecule has 11 atom stereocenters. The van der Waals surface area contributed by atoms with Crippen LogP contribution in [0.1, 0.15) is 206 Å². The quantitative estimate of drug-likeness (QED) is 0.0175. The Labute approximate surface area is 409 Å². The first kappa shape index (κ1) is 62.1. The van der Waals surface area contributed by atoms with Gasteiger partial charge in [-0.3, -0.25) is 9.59 Å². The molecule has 2 saturated heterocycles. The van der Waals surface area contributed by atoms with Gasteiger partial charge >= 0.3 is 11.9 Å². The molecule has 0 spiro atoms. The molecule has 15 nitrogen and oxygen atoms in total. The summed E-state index contributed by atoms with van der Waals surface area (Å²) in [6.07, 6.45) is 24.8. The Morgan fingerprint density at radius 1 is 0.471 bits per heavy atom. The number of carbonyl (C=O) groups is 2. The third-order valence-electron chi connectivity index (χ3n) is 12.9. The highest BCUT2D eigenvalue weighted by Crippen LogP contribution is 2.26. The van der Waals surface area contributed by atoms with Crippen LogP contribution in [0.3, 0.4) is 0 Å². The minimum absolute atomic E-state index is 0.159. The first-order valence-electron chi connectivity index (χ1n) is 26.9. The zero-order valence-electron chi connectivity index (χ0n) is 42.1. The Kier molecular flexibility index (Phi) is 37.0. The van der Waals surface area contributed by atoms with E-state index < -0.39 is 92.7 Å². The van der Waals surface area contributed by atoms with E-state index in [9.17, 15) is 45.3 Å². The molecule has 0 aliphatic carbocycles. The second-order valence-corrected chi connectivity index (χ2v) is 19.1. The van der Waals surface area contributed by atoms with E-state index in [1.807, 2.05) is 0 Å². The van der Waals surface area contributed by atoms with Crippen LogP contribution in [0.4, 0.5) is 0 Å². The van der Waals surface area contributed by atoms with E-state index in [4.69, 9.17) is 28.4 Å². The fourth-order valence-corrected chi connectivity index (χ4v) is 8.48. The molecule has 0 amide bonds. The van der Waals surface area contributed by atoms with Gasteiger partial charge in [-0.1, -0.05) is 173 Å². The molecular formula is C53H96O15. The fourth-order valence-electron chi connectivity index (χ4n) is 8.48. The third kappa shape index (κ3) is 28.1. The highest BCUT2D eigenvalue weighted by atomic mass is 16.7. The topological polar surface area (TPSA) is 231 Å². The number of ether oxygens (including phenoxy) is 6. The maximum absolute atomic E-state index is 13.0. The van der Waals surface area contributed by atoms with Gasteiger partial charge in [0.2, 0.25) is 0 Å². The highest BCUT2D eigenvalue weighted by Gasteiger charge is 2.47. The van der Waals surface area contributed by atoms with Crippen molar-refractivity contribution in [2.45, 2.75) is 274 Å². The van der Waals surface area contributed by atoms with Crippen LogP contribution in [0.25, 0.3) is 0 Å². The third-order valence-corrected chi connectivity index (χ3v) is 12.9. The van der Waals surface area contributed by atoms with Gasteiger partial charge in [-0.2, -0.15) is 0 Å². The molecule has 2 fully saturated rings. The van der Waals surface area contributed by atoms with Crippen LogP contribution >= 0.6 is 0 Å². The number of hydrogen-bond donors (Lipinski definition) is 7. The van der Waals surface area contributed by atoms with Crippen LogP contribution < -0.4 is 0 Å². The minimum Gasteiger partial charge on any atom is -0.462 e. The summed E-state index contributed by atoms with van der Waals surface area (Å²) < 4.78 is 33.6. The smallest absolute Gasteiger partial charge is 0.306 e. The van der Waals surface area contributed by atoms with E-state index in [2.05, 4.69) is 38.2 Å². The van der Waals surface area contributed by atoms with E-state index in [0.29, 0.717) is 12.8 Å². The van der Waals surface area contributed by atoms with Crippen LogP contribution in [-0.2, 0) is 38.0 Å². The molecule has 7 N–H and O–H groups in total. The highest BCUT2D eigenvalue weighted by molar-refractivity contribution is 5.70. The molecule has 0 radical (unpaired) electrons. The molecule has 2 aliphatic rings. The summed E-state index contributed by atoms with van der Waals surface area (Å²) in [5, 5.41) is 72.1. The minimum atomic E-state index is -1.76. The summed E-state index contributed by atoms with van der Waals surface area (Å²) in [6, 6.07) is 0. The summed E-state index contributed by atoms with van der Waals surface area (Å²) in [5.74, 6) is -0.925. The lowest BCUT2D eigenvalue weighted by Crippen LogP contribution is -2.61. The molecule has 2 rings (SSSR count). The lowest BCUT2D eigenvalue weighted by Gasteiger charge is -2.42. The Morgan fingerprint density at radius 3 is 1.40 bits per heavy atom. The summed E-state index contributed by atoms with van der Waals surface area (Å²) in [6.45, 7) is 2.58. The molecule has 0 aromatic heterocycles. The van der Waals surface area contributed by atoms with Gasteiger partial charge < -0.3 is 64.2 Å². The summed E-state index contributed by atoms with van der Waals surface area (Å²) in [7, 11) is 0. The number of hydrogen-bond acceptors (Lipinski definition) is 15. The second-order valence-electron chi connectivity index (χ2n) is 19.1. The standard InChI is InChI=1S/C53H96O15/c1-3-5-7-9-11-13-15-17-19-20-22-24-26-28-30-32-34-36-45(56)66-41(38-63-44(55)35-33-31-29-27-25-23-21-18-16-14-12-10-8-6-4-2)39-64-52-51(62)49(60)47(58)43(68-52)40-65-53-50(61)48(59)46(57)42(37-54)67-53/h11,13,17,19,41-43,46-54,57-62H,3-10,12,14-16,18,20-40H2,1-2H3/b13-11-,19-17-. The Morgan fingerprint density at radius 2 is 0.882 bits per heavy atom. The largest absolute Gasteiger partial charge is 0.462 e. The molecule has 68 heavy (non-hydrogen) atoms. The normalized spacial score (nSPS) is 25.9. The van der Waals surface area contributed by atoms with Gasteiger partial charge in [0.25, 0.3) is 0 Å². The second kappa shape index (κ2) is 40.6. The molecule has 15 heteroatoms. The van der Waals surface area contributed by atoms with Gasteiger partial charge in [0.1, 0.15) is 55.4 Å². The van der Waals surface area contributed by atoms with Crippen LogP contribution in [0.5, 0.6) is 0 Å². The molecule has 398 valence electrons. The van der Waals surface area contributed by atoms with Crippen LogP contribution in [0, 0.1) is 0 Å². The van der Waals surface area contributed by atoms with E-state index in [0.717, 1.165) is 64.2 Å². The summed E-state index contributed by atoms with van der Waals surface area (Å²) in [5.41, 5.74) is 0. The SMILES string of the molecule is CCCCC/C=C\C/C=C\CCCCCCCCCC(=O)OC(COC(=O)CCCCCCCCCCCCCCCCC)COC1OC(COC2OC(CO)C(O)C(O)C2O)C(O)C(O)C1O. The van der Waals surface area contributed by atoms with Crippen molar-refractivity contribution >= 4 is 11.9 Å². The number of esters is 2. The number of rotatable bonds is 42. The van der Waals surface area contributed by atoms with Crippen LogP contribution in [0.2, 0.25) is 0 Å². The predicted molar refractivity (Wildman–Crippen MR) is 261 cm³/mol. The predicted octanol–water partition coefficient (Wildman–Crippen LogP) is 7.94. The Balaban J connectivity index is 1.79. The number of aliphatic hydroxyl groups excluding tert-OH is 7. The lowest BCUT2D eigenvalue weighted by molar-refractivity contribution is -0.332. The van der Waals surface area contributed by atoms with Crippen molar-refractivity contribution in [2.24, 2.45) is 0 Å². The van der Waals surface area contributed by atoms with E-state index in [1.54, 1.807) is 0 Å². The van der Waals surface area contributed by atoms with Gasteiger partial charge in [0.15, 0.2) is 18.7 Å². The van der Waals surface area contributed by atoms with E-state index in [1.165, 1.54) is 103 Å². The van der Waals surface area contributed by atoms with Crippen molar-refractivity contribution in [1.29, 1.82) is 0 Å². The maximum Gasteiger partial charge on any atom is 0.306 e. The average molecular weight is 973 g/mol. The van der Waals surface area contributed by atoms with Crippen molar-refractivity contribution in [3.8, 4) is 0 Å². The van der Waals surface area contributed by atoms with Crippen molar-refractivity contribution in [3.05, 3.63) is 24.3 Å². The zero-order chi connectivity index (χ0) is 49.6. The van der Waals surface area contributed by atoms with Gasteiger partial charge in [0, 0.05) is 12.8 Å². The summed E-state index contributed by atoms with van der Waals surface area (Å²) >= 11 is 0.